The summed E-state index contributed by atoms with van der Waals surface area (Å²) in [5, 5.41) is 16.4. The van der Waals surface area contributed by atoms with E-state index in [-0.39, 0.29) is 18.5 Å². The Labute approximate surface area is 138 Å². The number of nitrogens with zero attached hydrogens (tertiary/aromatic N) is 2. The molecule has 8 nitrogen and oxygen atoms in total. The molecular formula is C16H19N3O5. The SMILES string of the molecule is CCOCCOc1cccc(-c2nnc(CCC(=O)O)c(=O)[nH]2)c1. The van der Waals surface area contributed by atoms with E-state index < -0.39 is 11.5 Å². The van der Waals surface area contributed by atoms with Crippen LogP contribution in [0.25, 0.3) is 11.4 Å². The smallest absolute Gasteiger partial charge is 0.303 e. The summed E-state index contributed by atoms with van der Waals surface area (Å²) in [6.07, 6.45) is -0.126. The van der Waals surface area contributed by atoms with Crippen molar-refractivity contribution in [1.29, 1.82) is 0 Å². The highest BCUT2D eigenvalue weighted by molar-refractivity contribution is 5.67. The number of hydrogen-bond acceptors (Lipinski definition) is 6. The molecule has 0 atom stereocenters. The van der Waals surface area contributed by atoms with Crippen LogP contribution in [0.5, 0.6) is 5.75 Å². The van der Waals surface area contributed by atoms with Crippen LogP contribution in [0.15, 0.2) is 29.1 Å². The quantitative estimate of drug-likeness (QED) is 0.664. The van der Waals surface area contributed by atoms with E-state index in [4.69, 9.17) is 14.6 Å². The van der Waals surface area contributed by atoms with Gasteiger partial charge in [0.15, 0.2) is 5.82 Å². The number of benzene rings is 1. The summed E-state index contributed by atoms with van der Waals surface area (Å²) in [6, 6.07) is 7.08. The zero-order valence-electron chi connectivity index (χ0n) is 13.3. The van der Waals surface area contributed by atoms with Crippen LogP contribution in [0.3, 0.4) is 0 Å². The fourth-order valence-electron chi connectivity index (χ4n) is 1.98. The van der Waals surface area contributed by atoms with Gasteiger partial charge in [-0.2, -0.15) is 0 Å². The molecule has 0 saturated heterocycles. The first-order chi connectivity index (χ1) is 11.6. The molecule has 0 radical (unpaired) electrons. The van der Waals surface area contributed by atoms with E-state index in [1.807, 2.05) is 6.92 Å². The number of carbonyl (C=O) groups is 1. The number of carboxylic acids is 1. The number of H-pyrrole nitrogens is 1. The predicted octanol–water partition coefficient (Wildman–Crippen LogP) is 1.26. The van der Waals surface area contributed by atoms with Crippen LogP contribution >= 0.6 is 0 Å². The van der Waals surface area contributed by atoms with Gasteiger partial charge in [-0.05, 0) is 19.1 Å². The largest absolute Gasteiger partial charge is 0.491 e. The summed E-state index contributed by atoms with van der Waals surface area (Å²) >= 11 is 0. The molecule has 0 bridgehead atoms. The van der Waals surface area contributed by atoms with Crippen LogP contribution in [0, 0.1) is 0 Å². The molecule has 0 unspecified atom stereocenters. The average molecular weight is 333 g/mol. The zero-order valence-corrected chi connectivity index (χ0v) is 13.3. The predicted molar refractivity (Wildman–Crippen MR) is 86.0 cm³/mol. The van der Waals surface area contributed by atoms with E-state index in [2.05, 4.69) is 15.2 Å². The third-order valence-corrected chi connectivity index (χ3v) is 3.15. The van der Waals surface area contributed by atoms with Crippen molar-refractivity contribution < 1.29 is 19.4 Å². The molecule has 1 aromatic heterocycles. The molecule has 1 aromatic carbocycles. The van der Waals surface area contributed by atoms with Gasteiger partial charge in [0.1, 0.15) is 18.1 Å². The van der Waals surface area contributed by atoms with Gasteiger partial charge in [-0.15, -0.1) is 10.2 Å². The number of aliphatic carboxylic acids is 1. The number of carboxylic acid groups (broad SMARTS) is 1. The van der Waals surface area contributed by atoms with Crippen LogP contribution in [-0.4, -0.2) is 46.1 Å². The Balaban J connectivity index is 2.09. The van der Waals surface area contributed by atoms with Gasteiger partial charge < -0.3 is 19.6 Å². The van der Waals surface area contributed by atoms with E-state index in [0.717, 1.165) is 0 Å². The minimum Gasteiger partial charge on any atom is -0.491 e. The van der Waals surface area contributed by atoms with Crippen molar-refractivity contribution in [2.75, 3.05) is 19.8 Å². The highest BCUT2D eigenvalue weighted by Gasteiger charge is 2.09. The van der Waals surface area contributed by atoms with Crippen molar-refractivity contribution in [1.82, 2.24) is 15.2 Å². The molecule has 0 fully saturated rings. The van der Waals surface area contributed by atoms with Crippen molar-refractivity contribution in [3.8, 4) is 17.1 Å². The van der Waals surface area contributed by atoms with Crippen LogP contribution in [0.4, 0.5) is 0 Å². The molecule has 2 N–H and O–H groups in total. The summed E-state index contributed by atoms with van der Waals surface area (Å²) in [5.74, 6) is -0.0590. The number of aryl methyl sites for hydroxylation is 1. The first-order valence-corrected chi connectivity index (χ1v) is 7.58. The number of rotatable bonds is 9. The van der Waals surface area contributed by atoms with E-state index in [0.29, 0.717) is 37.0 Å². The summed E-state index contributed by atoms with van der Waals surface area (Å²) in [6.45, 7) is 3.47. The Bertz CT molecular complexity index is 744. The minimum atomic E-state index is -0.989. The average Bonchev–Trinajstić information content (AvgIpc) is 2.58. The molecule has 2 aromatic rings. The summed E-state index contributed by atoms with van der Waals surface area (Å²) < 4.78 is 10.8. The molecule has 0 aliphatic carbocycles. The molecule has 2 rings (SSSR count). The summed E-state index contributed by atoms with van der Waals surface area (Å²) in [7, 11) is 0. The van der Waals surface area contributed by atoms with Gasteiger partial charge in [0, 0.05) is 18.6 Å². The van der Waals surface area contributed by atoms with Crippen molar-refractivity contribution in [3.63, 3.8) is 0 Å². The second-order valence-corrected chi connectivity index (χ2v) is 4.92. The normalized spacial score (nSPS) is 10.5. The number of nitrogens with one attached hydrogen (secondary N) is 1. The Kier molecular flexibility index (Phi) is 6.44. The number of aromatic nitrogens is 3. The molecule has 0 aliphatic heterocycles. The lowest BCUT2D eigenvalue weighted by molar-refractivity contribution is -0.136. The van der Waals surface area contributed by atoms with Gasteiger partial charge in [0.2, 0.25) is 0 Å². The summed E-state index contributed by atoms with van der Waals surface area (Å²) in [4.78, 5) is 25.1. The van der Waals surface area contributed by atoms with E-state index in [1.54, 1.807) is 24.3 Å². The maximum Gasteiger partial charge on any atom is 0.303 e. The van der Waals surface area contributed by atoms with Crippen LogP contribution in [0.1, 0.15) is 19.0 Å². The molecular weight excluding hydrogens is 314 g/mol. The fraction of sp³-hybridized carbons (Fsp3) is 0.375. The molecule has 0 amide bonds. The number of ether oxygens (including phenoxy) is 2. The van der Waals surface area contributed by atoms with Crippen molar-refractivity contribution >= 4 is 5.97 Å². The molecule has 0 spiro atoms. The molecule has 128 valence electrons. The van der Waals surface area contributed by atoms with E-state index in [9.17, 15) is 9.59 Å². The number of hydrogen-bond donors (Lipinski definition) is 2. The van der Waals surface area contributed by atoms with E-state index >= 15 is 0 Å². The highest BCUT2D eigenvalue weighted by atomic mass is 16.5. The highest BCUT2D eigenvalue weighted by Crippen LogP contribution is 2.19. The third-order valence-electron chi connectivity index (χ3n) is 3.15. The second-order valence-electron chi connectivity index (χ2n) is 4.92. The van der Waals surface area contributed by atoms with Gasteiger partial charge in [0.25, 0.3) is 5.56 Å². The van der Waals surface area contributed by atoms with Crippen LogP contribution in [-0.2, 0) is 16.0 Å². The van der Waals surface area contributed by atoms with Gasteiger partial charge in [-0.1, -0.05) is 12.1 Å². The minimum absolute atomic E-state index is 0.0402. The fourth-order valence-corrected chi connectivity index (χ4v) is 1.98. The Morgan fingerprint density at radius 1 is 1.29 bits per heavy atom. The molecule has 8 heteroatoms. The van der Waals surface area contributed by atoms with Gasteiger partial charge in [-0.3, -0.25) is 9.59 Å². The zero-order chi connectivity index (χ0) is 17.4. The molecule has 0 saturated carbocycles. The lowest BCUT2D eigenvalue weighted by Crippen LogP contribution is -2.18. The summed E-state index contributed by atoms with van der Waals surface area (Å²) in [5.41, 5.74) is 0.312. The first kappa shape index (κ1) is 17.6. The monoisotopic (exact) mass is 333 g/mol. The van der Waals surface area contributed by atoms with Crippen molar-refractivity contribution in [2.24, 2.45) is 0 Å². The van der Waals surface area contributed by atoms with Gasteiger partial charge >= 0.3 is 5.97 Å². The Morgan fingerprint density at radius 2 is 2.12 bits per heavy atom. The number of aromatic amines is 1. The maximum atomic E-state index is 12.0. The Hall–Kier alpha value is -2.74. The first-order valence-electron chi connectivity index (χ1n) is 7.58. The third kappa shape index (κ3) is 5.17. The standard InChI is InChI=1S/C16H19N3O5/c1-2-23-8-9-24-12-5-3-4-11(10-12)15-17-16(22)13(18-19-15)6-7-14(20)21/h3-5,10H,2,6-9H2,1H3,(H,20,21)(H,17,19,22). The van der Waals surface area contributed by atoms with Gasteiger partial charge in [0.05, 0.1) is 13.0 Å². The van der Waals surface area contributed by atoms with Crippen molar-refractivity contribution in [2.45, 2.75) is 19.8 Å². The van der Waals surface area contributed by atoms with Crippen LogP contribution < -0.4 is 10.3 Å². The second kappa shape index (κ2) is 8.78. The van der Waals surface area contributed by atoms with Gasteiger partial charge in [-0.25, -0.2) is 0 Å². The lowest BCUT2D eigenvalue weighted by Gasteiger charge is -2.08. The topological polar surface area (TPSA) is 114 Å². The van der Waals surface area contributed by atoms with Crippen molar-refractivity contribution in [3.05, 3.63) is 40.3 Å². The Morgan fingerprint density at radius 3 is 2.83 bits per heavy atom. The molecule has 1 heterocycles. The molecule has 0 aliphatic rings. The molecule has 24 heavy (non-hydrogen) atoms. The lowest BCUT2D eigenvalue weighted by atomic mass is 10.2. The van der Waals surface area contributed by atoms with Crippen LogP contribution in [0.2, 0.25) is 0 Å². The maximum absolute atomic E-state index is 12.0. The van der Waals surface area contributed by atoms with E-state index in [1.165, 1.54) is 0 Å².